The van der Waals surface area contributed by atoms with Crippen LogP contribution in [-0.4, -0.2) is 22.3 Å². The van der Waals surface area contributed by atoms with E-state index in [1.807, 2.05) is 0 Å². The number of carbonyl (C=O) groups is 1. The third kappa shape index (κ3) is 1.39. The van der Waals surface area contributed by atoms with Crippen LogP contribution >= 0.6 is 0 Å². The molecule has 2 rings (SSSR count). The van der Waals surface area contributed by atoms with Gasteiger partial charge in [0, 0.05) is 6.07 Å². The van der Waals surface area contributed by atoms with Gasteiger partial charge in [-0.25, -0.2) is 4.79 Å². The number of hydrogen-bond acceptors (Lipinski definition) is 4. The summed E-state index contributed by atoms with van der Waals surface area (Å²) in [5.41, 5.74) is 5.63. The van der Waals surface area contributed by atoms with Crippen molar-refractivity contribution in [3.63, 3.8) is 0 Å². The van der Waals surface area contributed by atoms with Gasteiger partial charge < -0.3 is 10.5 Å². The molecule has 1 aromatic heterocycles. The molecule has 0 aliphatic heterocycles. The molecule has 0 spiro atoms. The molecule has 0 aromatic carbocycles. The number of H-pyrrole nitrogens is 1. The van der Waals surface area contributed by atoms with Gasteiger partial charge in [-0.05, 0) is 12.8 Å². The first-order valence-corrected chi connectivity index (χ1v) is 3.77. The number of nitrogens with one attached hydrogen (secondary N) is 1. The number of carbonyl (C=O) groups excluding carboxylic acids is 1. The summed E-state index contributed by atoms with van der Waals surface area (Å²) in [6.07, 6.45) is 2.05. The summed E-state index contributed by atoms with van der Waals surface area (Å²) >= 11 is 0. The molecule has 5 nitrogen and oxygen atoms in total. The van der Waals surface area contributed by atoms with Gasteiger partial charge in [-0.15, -0.1) is 0 Å². The predicted molar refractivity (Wildman–Crippen MR) is 41.4 cm³/mol. The molecule has 0 radical (unpaired) electrons. The average molecular weight is 167 g/mol. The first-order chi connectivity index (χ1) is 5.75. The van der Waals surface area contributed by atoms with E-state index in [1.165, 1.54) is 6.07 Å². The summed E-state index contributed by atoms with van der Waals surface area (Å²) < 4.78 is 4.99. The number of hydrogen-bond donors (Lipinski definition) is 2. The van der Waals surface area contributed by atoms with Crippen molar-refractivity contribution in [2.45, 2.75) is 18.9 Å². The van der Waals surface area contributed by atoms with Crippen LogP contribution in [0.15, 0.2) is 6.07 Å². The minimum absolute atomic E-state index is 0.113. The number of aromatic nitrogens is 2. The van der Waals surface area contributed by atoms with Gasteiger partial charge >= 0.3 is 5.97 Å². The van der Waals surface area contributed by atoms with E-state index < -0.39 is 0 Å². The fourth-order valence-electron chi connectivity index (χ4n) is 0.843. The van der Waals surface area contributed by atoms with E-state index in [9.17, 15) is 4.79 Å². The van der Waals surface area contributed by atoms with Gasteiger partial charge in [-0.2, -0.15) is 5.10 Å². The van der Waals surface area contributed by atoms with Crippen molar-refractivity contribution in [3.05, 3.63) is 11.8 Å². The zero-order valence-corrected chi connectivity index (χ0v) is 6.41. The van der Waals surface area contributed by atoms with Crippen molar-refractivity contribution in [1.29, 1.82) is 0 Å². The number of nitrogens with zero attached hydrogens (tertiary/aromatic N) is 1. The fraction of sp³-hybridized carbons (Fsp3) is 0.429. The maximum atomic E-state index is 11.2. The van der Waals surface area contributed by atoms with Crippen LogP contribution in [0, 0.1) is 0 Å². The van der Waals surface area contributed by atoms with E-state index in [0.29, 0.717) is 11.5 Å². The Balaban J connectivity index is 2.03. The van der Waals surface area contributed by atoms with Gasteiger partial charge in [0.15, 0.2) is 0 Å². The van der Waals surface area contributed by atoms with Gasteiger partial charge in [0.2, 0.25) is 0 Å². The Bertz CT molecular complexity index is 303. The van der Waals surface area contributed by atoms with Crippen LogP contribution in [0.25, 0.3) is 0 Å². The number of aromatic amines is 1. The zero-order valence-electron chi connectivity index (χ0n) is 6.41. The van der Waals surface area contributed by atoms with Crippen LogP contribution < -0.4 is 5.73 Å². The number of nitrogens with two attached hydrogens (primary N) is 1. The monoisotopic (exact) mass is 167 g/mol. The zero-order chi connectivity index (χ0) is 8.55. The molecular weight excluding hydrogens is 158 g/mol. The molecule has 1 aliphatic rings. The molecule has 0 bridgehead atoms. The van der Waals surface area contributed by atoms with E-state index in [2.05, 4.69) is 10.2 Å². The molecule has 1 aliphatic carbocycles. The molecule has 1 aromatic rings. The Labute approximate surface area is 68.9 Å². The molecule has 1 heterocycles. The largest absolute Gasteiger partial charge is 0.458 e. The number of anilines is 1. The highest BCUT2D eigenvalue weighted by atomic mass is 16.5. The summed E-state index contributed by atoms with van der Waals surface area (Å²) in [4.78, 5) is 11.2. The van der Waals surface area contributed by atoms with Crippen molar-refractivity contribution >= 4 is 11.8 Å². The van der Waals surface area contributed by atoms with E-state index in [4.69, 9.17) is 10.5 Å². The Morgan fingerprint density at radius 2 is 2.50 bits per heavy atom. The molecule has 3 N–H and O–H groups in total. The van der Waals surface area contributed by atoms with E-state index >= 15 is 0 Å². The summed E-state index contributed by atoms with van der Waals surface area (Å²) in [6, 6.07) is 1.46. The van der Waals surface area contributed by atoms with E-state index in [0.717, 1.165) is 12.8 Å². The number of ether oxygens (including phenoxy) is 1. The lowest BCUT2D eigenvalue weighted by Gasteiger charge is -1.97. The lowest BCUT2D eigenvalue weighted by Crippen LogP contribution is -2.06. The van der Waals surface area contributed by atoms with Crippen LogP contribution in [0.4, 0.5) is 5.82 Å². The van der Waals surface area contributed by atoms with Gasteiger partial charge in [0.25, 0.3) is 0 Å². The maximum Gasteiger partial charge on any atom is 0.356 e. The number of esters is 1. The third-order valence-electron chi connectivity index (χ3n) is 1.62. The third-order valence-corrected chi connectivity index (χ3v) is 1.62. The fourth-order valence-corrected chi connectivity index (χ4v) is 0.843. The summed E-state index contributed by atoms with van der Waals surface area (Å²) in [7, 11) is 0. The lowest BCUT2D eigenvalue weighted by atomic mass is 10.4. The smallest absolute Gasteiger partial charge is 0.356 e. The quantitative estimate of drug-likeness (QED) is 0.621. The summed E-state index contributed by atoms with van der Waals surface area (Å²) in [5.74, 6) is -0.0700. The first kappa shape index (κ1) is 7.15. The Kier molecular flexibility index (Phi) is 1.49. The SMILES string of the molecule is Nc1cc(C(=O)OC2CC2)[nH]n1. The first-order valence-electron chi connectivity index (χ1n) is 3.77. The van der Waals surface area contributed by atoms with Crippen LogP contribution in [-0.2, 0) is 4.74 Å². The predicted octanol–water partition coefficient (Wildman–Crippen LogP) is 0.311. The van der Waals surface area contributed by atoms with E-state index in [-0.39, 0.29) is 12.1 Å². The second kappa shape index (κ2) is 2.51. The molecule has 12 heavy (non-hydrogen) atoms. The van der Waals surface area contributed by atoms with Crippen molar-refractivity contribution in [3.8, 4) is 0 Å². The molecule has 0 atom stereocenters. The van der Waals surface area contributed by atoms with Crippen molar-refractivity contribution in [1.82, 2.24) is 10.2 Å². The van der Waals surface area contributed by atoms with Gasteiger partial charge in [0.1, 0.15) is 17.6 Å². The summed E-state index contributed by atoms with van der Waals surface area (Å²) in [6.45, 7) is 0. The van der Waals surface area contributed by atoms with Crippen molar-refractivity contribution in [2.75, 3.05) is 5.73 Å². The maximum absolute atomic E-state index is 11.2. The van der Waals surface area contributed by atoms with Crippen LogP contribution in [0.5, 0.6) is 0 Å². The molecule has 0 amide bonds. The van der Waals surface area contributed by atoms with Gasteiger partial charge in [-0.3, -0.25) is 5.10 Å². The van der Waals surface area contributed by atoms with Crippen molar-refractivity contribution in [2.24, 2.45) is 0 Å². The molecule has 64 valence electrons. The lowest BCUT2D eigenvalue weighted by molar-refractivity contribution is 0.0465. The minimum Gasteiger partial charge on any atom is -0.458 e. The normalized spacial score (nSPS) is 16.0. The molecule has 1 saturated carbocycles. The van der Waals surface area contributed by atoms with Gasteiger partial charge in [0.05, 0.1) is 0 Å². The van der Waals surface area contributed by atoms with Gasteiger partial charge in [-0.1, -0.05) is 0 Å². The summed E-state index contributed by atoms with van der Waals surface area (Å²) in [5, 5.41) is 6.11. The number of rotatable bonds is 2. The second-order valence-electron chi connectivity index (χ2n) is 2.81. The Morgan fingerprint density at radius 1 is 1.75 bits per heavy atom. The molecule has 0 unspecified atom stereocenters. The highest BCUT2D eigenvalue weighted by molar-refractivity contribution is 5.88. The molecular formula is C7H9N3O2. The Morgan fingerprint density at radius 3 is 3.00 bits per heavy atom. The van der Waals surface area contributed by atoms with Crippen molar-refractivity contribution < 1.29 is 9.53 Å². The molecule has 5 heteroatoms. The average Bonchev–Trinajstić information content (AvgIpc) is 2.72. The minimum atomic E-state index is -0.373. The molecule has 0 saturated heterocycles. The number of nitrogen functional groups attached to an aromatic ring is 1. The molecule has 1 fully saturated rings. The van der Waals surface area contributed by atoms with E-state index in [1.54, 1.807) is 0 Å². The van der Waals surface area contributed by atoms with Crippen LogP contribution in [0.1, 0.15) is 23.3 Å². The highest BCUT2D eigenvalue weighted by Gasteiger charge is 2.27. The highest BCUT2D eigenvalue weighted by Crippen LogP contribution is 2.24. The standard InChI is InChI=1S/C7H9N3O2/c8-6-3-5(9-10-6)7(11)12-4-1-2-4/h3-4H,1-2H2,(H3,8,9,10). The Hall–Kier alpha value is -1.52. The second-order valence-corrected chi connectivity index (χ2v) is 2.81. The van der Waals surface area contributed by atoms with Crippen LogP contribution in [0.3, 0.4) is 0 Å². The topological polar surface area (TPSA) is 81.0 Å². The van der Waals surface area contributed by atoms with Crippen LogP contribution in [0.2, 0.25) is 0 Å².